The summed E-state index contributed by atoms with van der Waals surface area (Å²) in [7, 11) is 0. The second-order valence-corrected chi connectivity index (χ2v) is 6.22. The van der Waals surface area contributed by atoms with Crippen LogP contribution in [-0.2, 0) is 5.41 Å². The number of hydrogen-bond acceptors (Lipinski definition) is 2. The lowest BCUT2D eigenvalue weighted by atomic mass is 9.86. The predicted octanol–water partition coefficient (Wildman–Crippen LogP) is 4.06. The molecule has 0 bridgehead atoms. The number of aryl methyl sites for hydroxylation is 1. The largest absolute Gasteiger partial charge is 0.492 e. The van der Waals surface area contributed by atoms with Crippen LogP contribution in [0, 0.1) is 6.92 Å². The zero-order chi connectivity index (χ0) is 14.5. The maximum Gasteiger partial charge on any atom is 0.123 e. The summed E-state index contributed by atoms with van der Waals surface area (Å²) < 4.78 is 6.09. The van der Waals surface area contributed by atoms with E-state index in [1.165, 1.54) is 11.1 Å². The van der Waals surface area contributed by atoms with Gasteiger partial charge in [-0.3, -0.25) is 0 Å². The molecule has 0 aliphatic heterocycles. The highest BCUT2D eigenvalue weighted by atomic mass is 16.5. The SMILES string of the molecule is CCNC(CC)COc1cc(C)ccc1C(C)(C)C. The summed E-state index contributed by atoms with van der Waals surface area (Å²) in [6.07, 6.45) is 1.09. The van der Waals surface area contributed by atoms with Crippen LogP contribution in [0.15, 0.2) is 18.2 Å². The number of rotatable bonds is 6. The van der Waals surface area contributed by atoms with Crippen molar-refractivity contribution in [2.75, 3.05) is 13.2 Å². The standard InChI is InChI=1S/C17H29NO/c1-7-14(18-8-2)12-19-16-11-13(3)9-10-15(16)17(4,5)6/h9-11,14,18H,7-8,12H2,1-6H3. The summed E-state index contributed by atoms with van der Waals surface area (Å²) in [4.78, 5) is 0. The van der Waals surface area contributed by atoms with Crippen molar-refractivity contribution in [2.24, 2.45) is 0 Å². The van der Waals surface area contributed by atoms with Crippen LogP contribution in [0.3, 0.4) is 0 Å². The summed E-state index contributed by atoms with van der Waals surface area (Å²) in [6, 6.07) is 6.94. The third kappa shape index (κ3) is 4.87. The Morgan fingerprint density at radius 2 is 1.89 bits per heavy atom. The molecule has 0 aliphatic rings. The zero-order valence-corrected chi connectivity index (χ0v) is 13.3. The van der Waals surface area contributed by atoms with Gasteiger partial charge in [-0.1, -0.05) is 46.8 Å². The summed E-state index contributed by atoms with van der Waals surface area (Å²) in [5, 5.41) is 3.45. The van der Waals surface area contributed by atoms with Crippen molar-refractivity contribution in [1.82, 2.24) is 5.32 Å². The van der Waals surface area contributed by atoms with Crippen LogP contribution in [0.5, 0.6) is 5.75 Å². The first kappa shape index (κ1) is 16.0. The molecule has 1 aromatic carbocycles. The Balaban J connectivity index is 2.84. The first-order valence-corrected chi connectivity index (χ1v) is 7.35. The molecule has 0 spiro atoms. The molecule has 2 heteroatoms. The van der Waals surface area contributed by atoms with Crippen molar-refractivity contribution in [3.63, 3.8) is 0 Å². The van der Waals surface area contributed by atoms with Gasteiger partial charge in [0.2, 0.25) is 0 Å². The van der Waals surface area contributed by atoms with E-state index in [9.17, 15) is 0 Å². The molecule has 0 fully saturated rings. The second-order valence-electron chi connectivity index (χ2n) is 6.22. The van der Waals surface area contributed by atoms with Gasteiger partial charge < -0.3 is 10.1 Å². The molecule has 0 radical (unpaired) electrons. The van der Waals surface area contributed by atoms with Crippen LogP contribution in [0.2, 0.25) is 0 Å². The Labute approximate surface area is 118 Å². The molecule has 0 aromatic heterocycles. The van der Waals surface area contributed by atoms with E-state index in [4.69, 9.17) is 4.74 Å². The molecule has 2 nitrogen and oxygen atoms in total. The normalized spacial score (nSPS) is 13.4. The molecule has 108 valence electrons. The molecule has 1 N–H and O–H groups in total. The molecule has 0 saturated carbocycles. The molecule has 0 amide bonds. The van der Waals surface area contributed by atoms with E-state index in [1.54, 1.807) is 0 Å². The highest BCUT2D eigenvalue weighted by molar-refractivity contribution is 5.41. The van der Waals surface area contributed by atoms with Gasteiger partial charge in [0.1, 0.15) is 12.4 Å². The topological polar surface area (TPSA) is 21.3 Å². The predicted molar refractivity (Wildman–Crippen MR) is 83.1 cm³/mol. The Kier molecular flexibility index (Phi) is 5.86. The molecule has 1 atom stereocenters. The molecule has 1 unspecified atom stereocenters. The highest BCUT2D eigenvalue weighted by Crippen LogP contribution is 2.32. The first-order valence-electron chi connectivity index (χ1n) is 7.35. The lowest BCUT2D eigenvalue weighted by Gasteiger charge is -2.25. The minimum atomic E-state index is 0.114. The Morgan fingerprint density at radius 1 is 1.21 bits per heavy atom. The van der Waals surface area contributed by atoms with Crippen LogP contribution in [0.1, 0.15) is 52.2 Å². The number of hydrogen-bond donors (Lipinski definition) is 1. The number of nitrogens with one attached hydrogen (secondary N) is 1. The second kappa shape index (κ2) is 6.95. The third-order valence-electron chi connectivity index (χ3n) is 3.37. The van der Waals surface area contributed by atoms with E-state index in [2.05, 4.69) is 65.1 Å². The fourth-order valence-electron chi connectivity index (χ4n) is 2.17. The average Bonchev–Trinajstić information content (AvgIpc) is 2.33. The molecular weight excluding hydrogens is 234 g/mol. The maximum absolute atomic E-state index is 6.09. The number of ether oxygens (including phenoxy) is 1. The van der Waals surface area contributed by atoms with Crippen molar-refractivity contribution in [3.8, 4) is 5.75 Å². The number of likely N-dealkylation sites (N-methyl/N-ethyl adjacent to an activating group) is 1. The molecular formula is C17H29NO. The Hall–Kier alpha value is -1.02. The van der Waals surface area contributed by atoms with Gasteiger partial charge in [-0.25, -0.2) is 0 Å². The lowest BCUT2D eigenvalue weighted by Crippen LogP contribution is -2.34. The van der Waals surface area contributed by atoms with E-state index >= 15 is 0 Å². The average molecular weight is 263 g/mol. The van der Waals surface area contributed by atoms with E-state index < -0.39 is 0 Å². The molecule has 0 saturated heterocycles. The van der Waals surface area contributed by atoms with Crippen molar-refractivity contribution in [1.29, 1.82) is 0 Å². The molecule has 0 heterocycles. The van der Waals surface area contributed by atoms with Crippen molar-refractivity contribution >= 4 is 0 Å². The third-order valence-corrected chi connectivity index (χ3v) is 3.37. The summed E-state index contributed by atoms with van der Waals surface area (Å²) in [6.45, 7) is 14.8. The van der Waals surface area contributed by atoms with Gasteiger partial charge in [0.25, 0.3) is 0 Å². The van der Waals surface area contributed by atoms with E-state index in [1.807, 2.05) is 0 Å². The molecule has 19 heavy (non-hydrogen) atoms. The van der Waals surface area contributed by atoms with E-state index in [0.717, 1.165) is 25.3 Å². The first-order chi connectivity index (χ1) is 8.88. The van der Waals surface area contributed by atoms with Gasteiger partial charge in [0.05, 0.1) is 0 Å². The summed E-state index contributed by atoms with van der Waals surface area (Å²) in [5.74, 6) is 1.03. The van der Waals surface area contributed by atoms with E-state index in [-0.39, 0.29) is 5.41 Å². The van der Waals surface area contributed by atoms with Gasteiger partial charge in [-0.2, -0.15) is 0 Å². The quantitative estimate of drug-likeness (QED) is 0.835. The maximum atomic E-state index is 6.09. The minimum Gasteiger partial charge on any atom is -0.492 e. The van der Waals surface area contributed by atoms with Gasteiger partial charge in [0, 0.05) is 6.04 Å². The number of benzene rings is 1. The van der Waals surface area contributed by atoms with Crippen molar-refractivity contribution in [3.05, 3.63) is 29.3 Å². The van der Waals surface area contributed by atoms with Crippen LogP contribution < -0.4 is 10.1 Å². The van der Waals surface area contributed by atoms with Crippen LogP contribution in [-0.4, -0.2) is 19.2 Å². The summed E-state index contributed by atoms with van der Waals surface area (Å²) in [5.41, 5.74) is 2.65. The van der Waals surface area contributed by atoms with Crippen LogP contribution in [0.4, 0.5) is 0 Å². The fourth-order valence-corrected chi connectivity index (χ4v) is 2.17. The van der Waals surface area contributed by atoms with Crippen molar-refractivity contribution in [2.45, 2.75) is 59.4 Å². The molecule has 1 rings (SSSR count). The lowest BCUT2D eigenvalue weighted by molar-refractivity contribution is 0.256. The monoisotopic (exact) mass is 263 g/mol. The van der Waals surface area contributed by atoms with Crippen molar-refractivity contribution < 1.29 is 4.74 Å². The fraction of sp³-hybridized carbons (Fsp3) is 0.647. The highest BCUT2D eigenvalue weighted by Gasteiger charge is 2.19. The van der Waals surface area contributed by atoms with Gasteiger partial charge in [0.15, 0.2) is 0 Å². The molecule has 1 aromatic rings. The van der Waals surface area contributed by atoms with Gasteiger partial charge in [-0.05, 0) is 42.5 Å². The molecule has 0 aliphatic carbocycles. The smallest absolute Gasteiger partial charge is 0.123 e. The van der Waals surface area contributed by atoms with Crippen LogP contribution in [0.25, 0.3) is 0 Å². The van der Waals surface area contributed by atoms with Crippen LogP contribution >= 0.6 is 0 Å². The Morgan fingerprint density at radius 3 is 2.42 bits per heavy atom. The summed E-state index contributed by atoms with van der Waals surface area (Å²) >= 11 is 0. The zero-order valence-electron chi connectivity index (χ0n) is 13.3. The Bertz CT molecular complexity index is 393. The van der Waals surface area contributed by atoms with Gasteiger partial charge >= 0.3 is 0 Å². The van der Waals surface area contributed by atoms with E-state index in [0.29, 0.717) is 6.04 Å². The van der Waals surface area contributed by atoms with Gasteiger partial charge in [-0.15, -0.1) is 0 Å². The minimum absolute atomic E-state index is 0.114.